The number of nitrogens with one attached hydrogen (secondary N) is 2. The Labute approximate surface area is 147 Å². The number of amides is 2. The SMILES string of the molecule is CC(=O)N[C@@H]1CCN(C(=O)c2cccc(-c3cc(C(F)(F)F)[nH]n3)c2)C1. The van der Waals surface area contributed by atoms with E-state index < -0.39 is 11.9 Å². The Bertz CT molecular complexity index is 831. The van der Waals surface area contributed by atoms with Gasteiger partial charge < -0.3 is 10.2 Å². The van der Waals surface area contributed by atoms with Crippen molar-refractivity contribution in [3.8, 4) is 11.3 Å². The molecule has 26 heavy (non-hydrogen) atoms. The van der Waals surface area contributed by atoms with E-state index in [1.807, 2.05) is 5.10 Å². The largest absolute Gasteiger partial charge is 0.432 e. The van der Waals surface area contributed by atoms with Gasteiger partial charge in [0.1, 0.15) is 5.69 Å². The zero-order chi connectivity index (χ0) is 18.9. The first-order valence-electron chi connectivity index (χ1n) is 8.03. The van der Waals surface area contributed by atoms with Crippen LogP contribution < -0.4 is 5.32 Å². The lowest BCUT2D eigenvalue weighted by Crippen LogP contribution is -2.37. The van der Waals surface area contributed by atoms with Gasteiger partial charge in [-0.25, -0.2) is 0 Å². The smallest absolute Gasteiger partial charge is 0.352 e. The van der Waals surface area contributed by atoms with E-state index in [1.54, 1.807) is 23.1 Å². The number of halogens is 3. The van der Waals surface area contributed by atoms with E-state index in [-0.39, 0.29) is 23.6 Å². The van der Waals surface area contributed by atoms with Crippen LogP contribution in [0.1, 0.15) is 29.4 Å². The molecule has 0 spiro atoms. The Kier molecular flexibility index (Phi) is 4.71. The number of nitrogens with zero attached hydrogens (tertiary/aromatic N) is 2. The summed E-state index contributed by atoms with van der Waals surface area (Å²) in [7, 11) is 0. The van der Waals surface area contributed by atoms with Crippen molar-refractivity contribution in [3.05, 3.63) is 41.6 Å². The summed E-state index contributed by atoms with van der Waals surface area (Å²) < 4.78 is 38.1. The van der Waals surface area contributed by atoms with Gasteiger partial charge in [-0.05, 0) is 24.6 Å². The highest BCUT2D eigenvalue weighted by Gasteiger charge is 2.33. The van der Waals surface area contributed by atoms with Gasteiger partial charge in [-0.3, -0.25) is 14.7 Å². The van der Waals surface area contributed by atoms with Gasteiger partial charge >= 0.3 is 6.18 Å². The molecule has 2 N–H and O–H groups in total. The van der Waals surface area contributed by atoms with Gasteiger partial charge in [0.05, 0.1) is 5.69 Å². The molecule has 0 unspecified atom stereocenters. The van der Waals surface area contributed by atoms with Gasteiger partial charge in [-0.1, -0.05) is 12.1 Å². The molecule has 1 aromatic heterocycles. The zero-order valence-electron chi connectivity index (χ0n) is 13.9. The number of likely N-dealkylation sites (tertiary alicyclic amines) is 1. The third kappa shape index (κ3) is 3.87. The van der Waals surface area contributed by atoms with Gasteiger partial charge in [-0.2, -0.15) is 18.3 Å². The Balaban J connectivity index is 1.76. The second-order valence-electron chi connectivity index (χ2n) is 6.18. The highest BCUT2D eigenvalue weighted by atomic mass is 19.4. The van der Waals surface area contributed by atoms with Crippen LogP contribution in [0.5, 0.6) is 0 Å². The third-order valence-corrected chi connectivity index (χ3v) is 4.17. The Morgan fingerprint density at radius 3 is 2.73 bits per heavy atom. The molecular weight excluding hydrogens is 349 g/mol. The van der Waals surface area contributed by atoms with Crippen LogP contribution in [-0.4, -0.2) is 46.0 Å². The van der Waals surface area contributed by atoms with Crippen molar-refractivity contribution in [2.75, 3.05) is 13.1 Å². The second kappa shape index (κ2) is 6.81. The Morgan fingerprint density at radius 2 is 2.08 bits per heavy atom. The first-order valence-corrected chi connectivity index (χ1v) is 8.03. The lowest BCUT2D eigenvalue weighted by molar-refractivity contribution is -0.141. The van der Waals surface area contributed by atoms with Crippen LogP contribution in [-0.2, 0) is 11.0 Å². The summed E-state index contributed by atoms with van der Waals surface area (Å²) in [6, 6.07) is 7.15. The van der Waals surface area contributed by atoms with Crippen molar-refractivity contribution in [1.29, 1.82) is 0 Å². The number of aromatic amines is 1. The molecule has 138 valence electrons. The first kappa shape index (κ1) is 18.0. The average molecular weight is 366 g/mol. The summed E-state index contributed by atoms with van der Waals surface area (Å²) in [5, 5.41) is 8.42. The summed E-state index contributed by atoms with van der Waals surface area (Å²) in [6.07, 6.45) is -3.84. The maximum absolute atomic E-state index is 12.7. The van der Waals surface area contributed by atoms with Crippen molar-refractivity contribution >= 4 is 11.8 Å². The van der Waals surface area contributed by atoms with E-state index in [2.05, 4.69) is 10.4 Å². The van der Waals surface area contributed by atoms with Crippen LogP contribution in [0.25, 0.3) is 11.3 Å². The lowest BCUT2D eigenvalue weighted by atomic mass is 10.1. The van der Waals surface area contributed by atoms with Gasteiger partial charge in [-0.15, -0.1) is 0 Å². The molecule has 0 radical (unpaired) electrons. The van der Waals surface area contributed by atoms with Crippen molar-refractivity contribution in [2.24, 2.45) is 0 Å². The molecule has 1 fully saturated rings. The molecule has 0 bridgehead atoms. The van der Waals surface area contributed by atoms with E-state index in [1.165, 1.54) is 13.0 Å². The highest BCUT2D eigenvalue weighted by Crippen LogP contribution is 2.30. The van der Waals surface area contributed by atoms with Crippen LogP contribution >= 0.6 is 0 Å². The van der Waals surface area contributed by atoms with E-state index in [0.717, 1.165) is 6.07 Å². The molecular formula is C17H17F3N4O2. The number of rotatable bonds is 3. The van der Waals surface area contributed by atoms with E-state index in [4.69, 9.17) is 0 Å². The maximum Gasteiger partial charge on any atom is 0.432 e. The predicted molar refractivity (Wildman–Crippen MR) is 87.2 cm³/mol. The predicted octanol–water partition coefficient (Wildman–Crippen LogP) is 2.45. The molecule has 1 saturated heterocycles. The van der Waals surface area contributed by atoms with E-state index >= 15 is 0 Å². The normalized spacial score (nSPS) is 17.4. The van der Waals surface area contributed by atoms with E-state index in [9.17, 15) is 22.8 Å². The number of hydrogen-bond donors (Lipinski definition) is 2. The Hall–Kier alpha value is -2.84. The minimum atomic E-state index is -4.51. The van der Waals surface area contributed by atoms with Crippen molar-refractivity contribution in [3.63, 3.8) is 0 Å². The fourth-order valence-corrected chi connectivity index (χ4v) is 2.96. The van der Waals surface area contributed by atoms with Crippen LogP contribution in [0.15, 0.2) is 30.3 Å². The summed E-state index contributed by atoms with van der Waals surface area (Å²) >= 11 is 0. The van der Waals surface area contributed by atoms with Gasteiger partial charge in [0, 0.05) is 37.2 Å². The number of hydrogen-bond acceptors (Lipinski definition) is 3. The van der Waals surface area contributed by atoms with Crippen LogP contribution in [0.4, 0.5) is 13.2 Å². The summed E-state index contributed by atoms with van der Waals surface area (Å²) in [5.74, 6) is -0.378. The minimum Gasteiger partial charge on any atom is -0.352 e. The van der Waals surface area contributed by atoms with Crippen molar-refractivity contribution in [1.82, 2.24) is 20.4 Å². The minimum absolute atomic E-state index is 0.0830. The van der Waals surface area contributed by atoms with E-state index in [0.29, 0.717) is 30.6 Å². The molecule has 1 aromatic carbocycles. The van der Waals surface area contributed by atoms with Crippen LogP contribution in [0.2, 0.25) is 0 Å². The lowest BCUT2D eigenvalue weighted by Gasteiger charge is -2.17. The van der Waals surface area contributed by atoms with Crippen LogP contribution in [0, 0.1) is 0 Å². The Morgan fingerprint density at radius 1 is 1.31 bits per heavy atom. The average Bonchev–Trinajstić information content (AvgIpc) is 3.22. The molecule has 1 atom stereocenters. The standard InChI is InChI=1S/C17H17F3N4O2/c1-10(25)21-13-5-6-24(9-13)16(26)12-4-2-3-11(7-12)14-8-15(23-22-14)17(18,19)20/h2-4,7-8,13H,5-6,9H2,1H3,(H,21,25)(H,22,23)/t13-/m1/s1. The van der Waals surface area contributed by atoms with Crippen LogP contribution in [0.3, 0.4) is 0 Å². The summed E-state index contributed by atoms with van der Waals surface area (Å²) in [6.45, 7) is 2.34. The monoisotopic (exact) mass is 366 g/mol. The molecule has 3 rings (SSSR count). The molecule has 0 saturated carbocycles. The quantitative estimate of drug-likeness (QED) is 0.876. The molecule has 2 aromatic rings. The van der Waals surface area contributed by atoms with Gasteiger partial charge in [0.15, 0.2) is 0 Å². The summed E-state index contributed by atoms with van der Waals surface area (Å²) in [4.78, 5) is 25.4. The number of carbonyl (C=O) groups is 2. The third-order valence-electron chi connectivity index (χ3n) is 4.17. The van der Waals surface area contributed by atoms with Crippen molar-refractivity contribution < 1.29 is 22.8 Å². The molecule has 1 aliphatic rings. The number of benzene rings is 1. The fraction of sp³-hybridized carbons (Fsp3) is 0.353. The molecule has 6 nitrogen and oxygen atoms in total. The maximum atomic E-state index is 12.7. The zero-order valence-corrected chi connectivity index (χ0v) is 13.9. The number of carbonyl (C=O) groups excluding carboxylic acids is 2. The van der Waals surface area contributed by atoms with Gasteiger partial charge in [0.2, 0.25) is 5.91 Å². The molecule has 1 aliphatic heterocycles. The second-order valence-corrected chi connectivity index (χ2v) is 6.18. The molecule has 2 heterocycles. The number of alkyl halides is 3. The molecule has 2 amide bonds. The molecule has 9 heteroatoms. The number of H-pyrrole nitrogens is 1. The number of aromatic nitrogens is 2. The fourth-order valence-electron chi connectivity index (χ4n) is 2.96. The summed E-state index contributed by atoms with van der Waals surface area (Å²) in [5.41, 5.74) is -0.0471. The highest BCUT2D eigenvalue weighted by molar-refractivity contribution is 5.95. The van der Waals surface area contributed by atoms with Gasteiger partial charge in [0.25, 0.3) is 5.91 Å². The molecule has 0 aliphatic carbocycles. The topological polar surface area (TPSA) is 78.1 Å². The van der Waals surface area contributed by atoms with Crippen molar-refractivity contribution in [2.45, 2.75) is 25.6 Å². The first-order chi connectivity index (χ1) is 12.2.